The number of fused-ring (bicyclic) bond motifs is 1. The molecule has 2 heterocycles. The van der Waals surface area contributed by atoms with E-state index in [-0.39, 0.29) is 0 Å². The van der Waals surface area contributed by atoms with Crippen molar-refractivity contribution in [2.24, 2.45) is 0 Å². The molecule has 0 amide bonds. The first kappa shape index (κ1) is 11.6. The zero-order valence-electron chi connectivity index (χ0n) is 9.86. The van der Waals surface area contributed by atoms with Crippen LogP contribution in [-0.2, 0) is 0 Å². The zero-order valence-corrected chi connectivity index (χ0v) is 10.7. The highest BCUT2D eigenvalue weighted by Gasteiger charge is 2.06. The molecule has 0 fully saturated rings. The van der Waals surface area contributed by atoms with Gasteiger partial charge < -0.3 is 5.32 Å². The smallest absolute Gasteiger partial charge is 0.0809 e. The van der Waals surface area contributed by atoms with Crippen molar-refractivity contribution in [2.75, 3.05) is 6.54 Å². The Morgan fingerprint density at radius 3 is 3.19 bits per heavy atom. The van der Waals surface area contributed by atoms with Crippen molar-refractivity contribution in [3.8, 4) is 0 Å². The van der Waals surface area contributed by atoms with Crippen LogP contribution in [-0.4, -0.2) is 11.5 Å². The standard InChI is InChI=1S/C13H18N2S/c1-3-4-6-14-10(2)11-8-13-12(15-9-11)5-7-16-13/h5,7-10,14H,3-4,6H2,1-2H3. The third-order valence-electron chi connectivity index (χ3n) is 2.80. The van der Waals surface area contributed by atoms with E-state index < -0.39 is 0 Å². The highest BCUT2D eigenvalue weighted by Crippen LogP contribution is 2.22. The minimum absolute atomic E-state index is 0.394. The topological polar surface area (TPSA) is 24.9 Å². The van der Waals surface area contributed by atoms with Crippen molar-refractivity contribution in [3.05, 3.63) is 29.3 Å². The van der Waals surface area contributed by atoms with Gasteiger partial charge in [-0.05, 0) is 43.0 Å². The number of hydrogen-bond acceptors (Lipinski definition) is 3. The van der Waals surface area contributed by atoms with Crippen LogP contribution in [0, 0.1) is 0 Å². The normalized spacial score (nSPS) is 13.1. The van der Waals surface area contributed by atoms with E-state index in [0.29, 0.717) is 6.04 Å². The first-order chi connectivity index (χ1) is 7.81. The number of thiophene rings is 1. The van der Waals surface area contributed by atoms with E-state index in [2.05, 4.69) is 41.7 Å². The second-order valence-electron chi connectivity index (χ2n) is 4.10. The first-order valence-corrected chi connectivity index (χ1v) is 6.75. The van der Waals surface area contributed by atoms with Gasteiger partial charge in [0.15, 0.2) is 0 Å². The van der Waals surface area contributed by atoms with Crippen molar-refractivity contribution in [3.63, 3.8) is 0 Å². The Labute approximate surface area is 101 Å². The van der Waals surface area contributed by atoms with E-state index in [1.165, 1.54) is 23.1 Å². The molecule has 2 nitrogen and oxygen atoms in total. The van der Waals surface area contributed by atoms with Crippen LogP contribution in [0.2, 0.25) is 0 Å². The summed E-state index contributed by atoms with van der Waals surface area (Å²) in [6.45, 7) is 5.50. The molecule has 3 heteroatoms. The fourth-order valence-electron chi connectivity index (χ4n) is 1.71. The van der Waals surface area contributed by atoms with Crippen molar-refractivity contribution in [1.29, 1.82) is 0 Å². The molecule has 0 aliphatic heterocycles. The number of rotatable bonds is 5. The summed E-state index contributed by atoms with van der Waals surface area (Å²) in [4.78, 5) is 4.46. The lowest BCUT2D eigenvalue weighted by Gasteiger charge is -2.13. The molecule has 86 valence electrons. The Hall–Kier alpha value is -0.930. The summed E-state index contributed by atoms with van der Waals surface area (Å²) in [6, 6.07) is 4.71. The lowest BCUT2D eigenvalue weighted by molar-refractivity contribution is 0.554. The molecule has 1 N–H and O–H groups in total. The summed E-state index contributed by atoms with van der Waals surface area (Å²) in [5, 5.41) is 5.62. The Balaban J connectivity index is 2.07. The van der Waals surface area contributed by atoms with Crippen LogP contribution >= 0.6 is 11.3 Å². The summed E-state index contributed by atoms with van der Waals surface area (Å²) in [6.07, 6.45) is 4.46. The van der Waals surface area contributed by atoms with Crippen LogP contribution in [0.4, 0.5) is 0 Å². The molecule has 0 bridgehead atoms. The third-order valence-corrected chi connectivity index (χ3v) is 3.66. The lowest BCUT2D eigenvalue weighted by atomic mass is 10.1. The number of pyridine rings is 1. The summed E-state index contributed by atoms with van der Waals surface area (Å²) >= 11 is 1.76. The van der Waals surface area contributed by atoms with Gasteiger partial charge in [0.05, 0.1) is 10.2 Å². The van der Waals surface area contributed by atoms with Crippen molar-refractivity contribution >= 4 is 21.6 Å². The second-order valence-corrected chi connectivity index (χ2v) is 5.05. The first-order valence-electron chi connectivity index (χ1n) is 5.88. The summed E-state index contributed by atoms with van der Waals surface area (Å²) < 4.78 is 1.28. The molecule has 0 saturated heterocycles. The monoisotopic (exact) mass is 234 g/mol. The van der Waals surface area contributed by atoms with Crippen molar-refractivity contribution in [2.45, 2.75) is 32.7 Å². The molecule has 2 aromatic heterocycles. The minimum atomic E-state index is 0.394. The predicted octanol–water partition coefficient (Wildman–Crippen LogP) is 3.75. The number of aromatic nitrogens is 1. The van der Waals surface area contributed by atoms with Gasteiger partial charge in [0, 0.05) is 12.2 Å². The van der Waals surface area contributed by atoms with Crippen LogP contribution in [0.15, 0.2) is 23.7 Å². The maximum absolute atomic E-state index is 4.46. The Morgan fingerprint density at radius 1 is 1.50 bits per heavy atom. The van der Waals surface area contributed by atoms with E-state index in [1.54, 1.807) is 11.3 Å². The molecule has 0 radical (unpaired) electrons. The lowest BCUT2D eigenvalue weighted by Crippen LogP contribution is -2.19. The van der Waals surface area contributed by atoms with Gasteiger partial charge in [0.1, 0.15) is 0 Å². The largest absolute Gasteiger partial charge is 0.310 e. The molecule has 2 rings (SSSR count). The molecule has 0 saturated carbocycles. The highest BCUT2D eigenvalue weighted by atomic mass is 32.1. The average molecular weight is 234 g/mol. The quantitative estimate of drug-likeness (QED) is 0.797. The van der Waals surface area contributed by atoms with E-state index in [1.807, 2.05) is 6.20 Å². The molecule has 0 aliphatic rings. The predicted molar refractivity (Wildman–Crippen MR) is 70.9 cm³/mol. The fraction of sp³-hybridized carbons (Fsp3) is 0.462. The fourth-order valence-corrected chi connectivity index (χ4v) is 2.50. The van der Waals surface area contributed by atoms with Gasteiger partial charge in [0.2, 0.25) is 0 Å². The Bertz CT molecular complexity index is 450. The van der Waals surface area contributed by atoms with Crippen LogP contribution in [0.1, 0.15) is 38.3 Å². The van der Waals surface area contributed by atoms with E-state index in [9.17, 15) is 0 Å². The van der Waals surface area contributed by atoms with E-state index in [0.717, 1.165) is 12.1 Å². The Kier molecular flexibility index (Phi) is 3.91. The maximum Gasteiger partial charge on any atom is 0.0809 e. The van der Waals surface area contributed by atoms with Gasteiger partial charge in [0.25, 0.3) is 0 Å². The number of unbranched alkanes of at least 4 members (excludes halogenated alkanes) is 1. The molecule has 0 spiro atoms. The van der Waals surface area contributed by atoms with Crippen LogP contribution < -0.4 is 5.32 Å². The van der Waals surface area contributed by atoms with Crippen molar-refractivity contribution < 1.29 is 0 Å². The summed E-state index contributed by atoms with van der Waals surface area (Å²) in [7, 11) is 0. The van der Waals surface area contributed by atoms with Crippen LogP contribution in [0.3, 0.4) is 0 Å². The van der Waals surface area contributed by atoms with Gasteiger partial charge in [-0.3, -0.25) is 4.98 Å². The Morgan fingerprint density at radius 2 is 2.38 bits per heavy atom. The SMILES string of the molecule is CCCCNC(C)c1cnc2ccsc2c1. The van der Waals surface area contributed by atoms with E-state index in [4.69, 9.17) is 0 Å². The molecule has 16 heavy (non-hydrogen) atoms. The minimum Gasteiger partial charge on any atom is -0.310 e. The van der Waals surface area contributed by atoms with Gasteiger partial charge in [-0.15, -0.1) is 11.3 Å². The number of nitrogens with zero attached hydrogens (tertiary/aromatic N) is 1. The van der Waals surface area contributed by atoms with Crippen LogP contribution in [0.25, 0.3) is 10.2 Å². The van der Waals surface area contributed by atoms with Crippen LogP contribution in [0.5, 0.6) is 0 Å². The molecular weight excluding hydrogens is 216 g/mol. The zero-order chi connectivity index (χ0) is 11.4. The number of hydrogen-bond donors (Lipinski definition) is 1. The molecule has 2 aromatic rings. The number of nitrogens with one attached hydrogen (secondary N) is 1. The molecule has 0 aliphatic carbocycles. The van der Waals surface area contributed by atoms with Gasteiger partial charge in [-0.1, -0.05) is 13.3 Å². The third kappa shape index (κ3) is 2.60. The molecule has 1 unspecified atom stereocenters. The molecular formula is C13H18N2S. The average Bonchev–Trinajstić information content (AvgIpc) is 2.76. The summed E-state index contributed by atoms with van der Waals surface area (Å²) in [5.74, 6) is 0. The second kappa shape index (κ2) is 5.41. The van der Waals surface area contributed by atoms with Crippen molar-refractivity contribution in [1.82, 2.24) is 10.3 Å². The molecule has 0 aromatic carbocycles. The highest BCUT2D eigenvalue weighted by molar-refractivity contribution is 7.17. The van der Waals surface area contributed by atoms with Gasteiger partial charge >= 0.3 is 0 Å². The van der Waals surface area contributed by atoms with Gasteiger partial charge in [-0.25, -0.2) is 0 Å². The van der Waals surface area contributed by atoms with E-state index >= 15 is 0 Å². The maximum atomic E-state index is 4.46. The summed E-state index contributed by atoms with van der Waals surface area (Å²) in [5.41, 5.74) is 2.39. The molecule has 1 atom stereocenters. The van der Waals surface area contributed by atoms with Gasteiger partial charge in [-0.2, -0.15) is 0 Å².